The molecule has 2 heterocycles. The maximum Gasteiger partial charge on any atom is 0.419 e. The fraction of sp³-hybridized carbons (Fsp3) is 0.318. The lowest BCUT2D eigenvalue weighted by atomic mass is 10.0. The van der Waals surface area contributed by atoms with Gasteiger partial charge in [-0.05, 0) is 31.9 Å². The number of nitrogens with one attached hydrogen (secondary N) is 1. The van der Waals surface area contributed by atoms with Crippen LogP contribution in [0.5, 0.6) is 0 Å². The number of rotatable bonds is 6. The fourth-order valence-corrected chi connectivity index (χ4v) is 3.88. The highest BCUT2D eigenvalue weighted by atomic mass is 19.4. The van der Waals surface area contributed by atoms with E-state index < -0.39 is 46.7 Å². The minimum atomic E-state index is -4.98. The Morgan fingerprint density at radius 3 is 2.47 bits per heavy atom. The van der Waals surface area contributed by atoms with Crippen LogP contribution in [-0.4, -0.2) is 21.0 Å². The van der Waals surface area contributed by atoms with Crippen molar-refractivity contribution in [2.75, 3.05) is 11.1 Å². The molecule has 3 N–H and O–H groups in total. The van der Waals surface area contributed by atoms with Gasteiger partial charge in [-0.25, -0.2) is 23.1 Å². The van der Waals surface area contributed by atoms with E-state index in [1.807, 2.05) is 0 Å². The van der Waals surface area contributed by atoms with E-state index in [1.54, 1.807) is 0 Å². The van der Waals surface area contributed by atoms with Gasteiger partial charge in [-0.2, -0.15) is 13.2 Å². The Morgan fingerprint density at radius 2 is 1.91 bits per heavy atom. The van der Waals surface area contributed by atoms with E-state index in [0.29, 0.717) is 6.07 Å². The molecule has 3 aromatic rings. The number of alkyl halides is 5. The van der Waals surface area contributed by atoms with Crippen molar-refractivity contribution in [3.05, 3.63) is 70.2 Å². The molecule has 0 unspecified atom stereocenters. The van der Waals surface area contributed by atoms with Crippen LogP contribution in [-0.2, 0) is 11.7 Å². The third-order valence-corrected chi connectivity index (χ3v) is 5.78. The first-order chi connectivity index (χ1) is 15.9. The van der Waals surface area contributed by atoms with E-state index in [2.05, 4.69) is 21.9 Å². The molecule has 1 atom stereocenters. The Balaban J connectivity index is 1.85. The quantitative estimate of drug-likeness (QED) is 0.295. The molecule has 0 radical (unpaired) electrons. The molecule has 1 fully saturated rings. The average molecular weight is 483 g/mol. The molecule has 2 aromatic heterocycles. The van der Waals surface area contributed by atoms with Crippen molar-refractivity contribution in [1.82, 2.24) is 14.5 Å². The smallest absolute Gasteiger partial charge is 0.399 e. The first-order valence-corrected chi connectivity index (χ1v) is 10.1. The Labute approximate surface area is 189 Å². The minimum absolute atomic E-state index is 0.00148. The molecule has 0 spiro atoms. The lowest BCUT2D eigenvalue weighted by Crippen LogP contribution is -2.35. The van der Waals surface area contributed by atoms with Gasteiger partial charge in [-0.15, -0.1) is 6.58 Å². The summed E-state index contributed by atoms with van der Waals surface area (Å²) >= 11 is 0. The van der Waals surface area contributed by atoms with Gasteiger partial charge in [0.15, 0.2) is 0 Å². The summed E-state index contributed by atoms with van der Waals surface area (Å²) in [7, 11) is 0. The summed E-state index contributed by atoms with van der Waals surface area (Å²) < 4.78 is 82.9. The molecule has 0 amide bonds. The molecule has 1 aromatic carbocycles. The molecule has 12 heteroatoms. The number of pyridine rings is 1. The Morgan fingerprint density at radius 1 is 1.24 bits per heavy atom. The predicted molar refractivity (Wildman–Crippen MR) is 114 cm³/mol. The van der Waals surface area contributed by atoms with Gasteiger partial charge in [0.2, 0.25) is 0 Å². The molecule has 6 nitrogen and oxygen atoms in total. The second kappa shape index (κ2) is 8.03. The normalized spacial score (nSPS) is 16.0. The number of aromatic nitrogens is 3. The predicted octanol–water partition coefficient (Wildman–Crippen LogP) is 4.93. The van der Waals surface area contributed by atoms with Crippen LogP contribution in [0.3, 0.4) is 0 Å². The van der Waals surface area contributed by atoms with Gasteiger partial charge < -0.3 is 15.6 Å². The molecular weight excluding hydrogens is 464 g/mol. The minimum Gasteiger partial charge on any atom is -0.399 e. The van der Waals surface area contributed by atoms with Gasteiger partial charge >= 0.3 is 6.18 Å². The molecule has 34 heavy (non-hydrogen) atoms. The summed E-state index contributed by atoms with van der Waals surface area (Å²) in [5.74, 6) is -1.35. The van der Waals surface area contributed by atoms with Crippen LogP contribution in [0.25, 0.3) is 10.9 Å². The number of benzene rings is 1. The molecule has 4 rings (SSSR count). The number of halogens is 6. The van der Waals surface area contributed by atoms with Crippen LogP contribution < -0.4 is 16.6 Å². The van der Waals surface area contributed by atoms with E-state index in [0.717, 1.165) is 22.8 Å². The van der Waals surface area contributed by atoms with E-state index in [4.69, 9.17) is 5.73 Å². The molecule has 180 valence electrons. The van der Waals surface area contributed by atoms with Crippen LogP contribution in [0, 0.1) is 12.7 Å². The van der Waals surface area contributed by atoms with E-state index in [9.17, 15) is 31.1 Å². The number of nitrogen functional groups attached to an aromatic ring is 1. The second-order valence-electron chi connectivity index (χ2n) is 8.13. The number of anilines is 2. The molecule has 1 saturated carbocycles. The van der Waals surface area contributed by atoms with Crippen LogP contribution in [0.15, 0.2) is 41.8 Å². The fourth-order valence-electron chi connectivity index (χ4n) is 3.88. The van der Waals surface area contributed by atoms with Crippen molar-refractivity contribution in [1.29, 1.82) is 0 Å². The van der Waals surface area contributed by atoms with Gasteiger partial charge in [0.25, 0.3) is 12.0 Å². The van der Waals surface area contributed by atoms with Crippen molar-refractivity contribution < 1.29 is 26.3 Å². The largest absolute Gasteiger partial charge is 0.419 e. The Hall–Kier alpha value is -3.57. The lowest BCUT2D eigenvalue weighted by molar-refractivity contribution is -0.140. The van der Waals surface area contributed by atoms with Crippen LogP contribution in [0.2, 0.25) is 0 Å². The number of hydrogen-bond acceptors (Lipinski definition) is 5. The maximum atomic E-state index is 14.8. The second-order valence-corrected chi connectivity index (χ2v) is 8.13. The summed E-state index contributed by atoms with van der Waals surface area (Å²) in [4.78, 5) is 20.9. The first-order valence-electron chi connectivity index (χ1n) is 10.1. The number of nitrogens with zero attached hydrogens (tertiary/aromatic N) is 3. The summed E-state index contributed by atoms with van der Waals surface area (Å²) in [6.45, 7) is 5.06. The number of hydrogen-bond donors (Lipinski definition) is 2. The topological polar surface area (TPSA) is 85.8 Å². The van der Waals surface area contributed by atoms with E-state index >= 15 is 0 Å². The van der Waals surface area contributed by atoms with E-state index in [1.165, 1.54) is 13.1 Å². The van der Waals surface area contributed by atoms with Crippen molar-refractivity contribution in [3.8, 4) is 0 Å². The molecule has 0 saturated heterocycles. The Bertz CT molecular complexity index is 1350. The zero-order valence-electron chi connectivity index (χ0n) is 17.8. The molecule has 0 bridgehead atoms. The van der Waals surface area contributed by atoms with Crippen LogP contribution in [0.1, 0.15) is 35.8 Å². The molecular formula is C22H19F6N5O. The summed E-state index contributed by atoms with van der Waals surface area (Å²) in [5.41, 5.74) is 1.11. The molecule has 0 aliphatic heterocycles. The lowest BCUT2D eigenvalue weighted by Gasteiger charge is -2.22. The van der Waals surface area contributed by atoms with E-state index in [-0.39, 0.29) is 41.1 Å². The monoisotopic (exact) mass is 483 g/mol. The number of fused-ring (bicyclic) bond motifs is 1. The van der Waals surface area contributed by atoms with Crippen molar-refractivity contribution in [3.63, 3.8) is 0 Å². The molecule has 1 aliphatic carbocycles. The van der Waals surface area contributed by atoms with Crippen molar-refractivity contribution in [2.45, 2.75) is 43.9 Å². The molecule has 1 aliphatic rings. The number of nitrogens with two attached hydrogens (primary N) is 1. The summed E-state index contributed by atoms with van der Waals surface area (Å²) in [6.07, 6.45) is -5.21. The highest BCUT2D eigenvalue weighted by molar-refractivity contribution is 5.88. The average Bonchev–Trinajstić information content (AvgIpc) is 3.54. The van der Waals surface area contributed by atoms with Crippen molar-refractivity contribution in [2.24, 2.45) is 0 Å². The van der Waals surface area contributed by atoms with Gasteiger partial charge in [-0.3, -0.25) is 4.79 Å². The SMILES string of the molecule is C=C[C@@H](Nc1nc(C)nc2cc(=O)n(C3(C(F)F)CC3)cc12)c1cc(N)cc(C(F)(F)F)c1F. The Kier molecular flexibility index (Phi) is 5.57. The zero-order valence-corrected chi connectivity index (χ0v) is 17.8. The maximum absolute atomic E-state index is 14.8. The van der Waals surface area contributed by atoms with Gasteiger partial charge in [0.05, 0.1) is 22.5 Å². The zero-order chi connectivity index (χ0) is 25.0. The summed E-state index contributed by atoms with van der Waals surface area (Å²) in [5, 5.41) is 2.95. The van der Waals surface area contributed by atoms with Gasteiger partial charge in [0, 0.05) is 23.5 Å². The number of aryl methyl sites for hydroxylation is 1. The van der Waals surface area contributed by atoms with Gasteiger partial charge in [0.1, 0.15) is 23.0 Å². The summed E-state index contributed by atoms with van der Waals surface area (Å²) in [6, 6.07) is 1.38. The standard InChI is InChI=1S/C22H19F6N5O/c1-3-15(12-6-11(29)7-14(18(12)23)22(26,27)28)32-19-13-9-33(21(4-5-21)20(24)25)17(34)8-16(13)30-10(2)31-19/h3,6-9,15,20H,1,4-5,29H2,2H3,(H,30,31,32)/t15-/m1/s1. The highest BCUT2D eigenvalue weighted by Gasteiger charge is 2.53. The first kappa shape index (κ1) is 23.6. The highest BCUT2D eigenvalue weighted by Crippen LogP contribution is 2.48. The van der Waals surface area contributed by atoms with Crippen LogP contribution in [0.4, 0.5) is 37.8 Å². The van der Waals surface area contributed by atoms with Crippen LogP contribution >= 0.6 is 0 Å². The van der Waals surface area contributed by atoms with Crippen molar-refractivity contribution >= 4 is 22.4 Å². The van der Waals surface area contributed by atoms with Gasteiger partial charge in [-0.1, -0.05) is 6.08 Å². The third kappa shape index (κ3) is 3.97. The third-order valence-electron chi connectivity index (χ3n) is 5.78.